The van der Waals surface area contributed by atoms with E-state index in [1.807, 2.05) is 24.3 Å². The predicted molar refractivity (Wildman–Crippen MR) is 128 cm³/mol. The number of halogens is 2. The molecule has 2 aromatic carbocycles. The van der Waals surface area contributed by atoms with Gasteiger partial charge in [-0.25, -0.2) is 4.39 Å². The van der Waals surface area contributed by atoms with Crippen molar-refractivity contribution in [2.45, 2.75) is 31.7 Å². The van der Waals surface area contributed by atoms with E-state index in [0.717, 1.165) is 49.7 Å². The fourth-order valence-electron chi connectivity index (χ4n) is 5.11. The maximum atomic E-state index is 14.8. The zero-order valence-electron chi connectivity index (χ0n) is 18.7. The van der Waals surface area contributed by atoms with Crippen LogP contribution >= 0.6 is 11.6 Å². The molecule has 34 heavy (non-hydrogen) atoms. The Labute approximate surface area is 202 Å². The van der Waals surface area contributed by atoms with Crippen LogP contribution in [0.5, 0.6) is 0 Å². The molecular formula is C25H26ClFN4O3. The minimum absolute atomic E-state index is 0.111. The Morgan fingerprint density at radius 3 is 2.35 bits per heavy atom. The molecule has 3 saturated heterocycles. The van der Waals surface area contributed by atoms with E-state index in [-0.39, 0.29) is 29.7 Å². The molecule has 2 aromatic rings. The van der Waals surface area contributed by atoms with Gasteiger partial charge in [0.1, 0.15) is 11.9 Å². The number of amides is 3. The number of anilines is 2. The number of hydrogen-bond donors (Lipinski definition) is 2. The van der Waals surface area contributed by atoms with E-state index < -0.39 is 23.7 Å². The molecule has 0 bridgehead atoms. The monoisotopic (exact) mass is 484 g/mol. The van der Waals surface area contributed by atoms with Crippen molar-refractivity contribution in [2.75, 3.05) is 36.0 Å². The van der Waals surface area contributed by atoms with Gasteiger partial charge in [-0.3, -0.25) is 19.7 Å². The number of imide groups is 1. The lowest BCUT2D eigenvalue weighted by Gasteiger charge is -2.55. The molecule has 3 fully saturated rings. The lowest BCUT2D eigenvalue weighted by molar-refractivity contribution is -0.134. The van der Waals surface area contributed by atoms with Gasteiger partial charge in [-0.1, -0.05) is 11.6 Å². The number of benzene rings is 2. The number of rotatable bonds is 4. The first-order valence-corrected chi connectivity index (χ1v) is 11.9. The summed E-state index contributed by atoms with van der Waals surface area (Å²) in [5, 5.41) is 5.44. The SMILES string of the molecule is O=C1CCC(NC(=O)c2ccc(N3CC4(CCN(c5ccc(Cl)cc5)CC4)C3)cc2F)C(=O)N1. The van der Waals surface area contributed by atoms with E-state index in [2.05, 4.69) is 20.4 Å². The summed E-state index contributed by atoms with van der Waals surface area (Å²) in [6.07, 6.45) is 2.50. The third-order valence-electron chi connectivity index (χ3n) is 7.18. The number of hydrogen-bond acceptors (Lipinski definition) is 5. The Bertz CT molecular complexity index is 1120. The van der Waals surface area contributed by atoms with Crippen molar-refractivity contribution in [3.8, 4) is 0 Å². The molecule has 3 heterocycles. The summed E-state index contributed by atoms with van der Waals surface area (Å²) < 4.78 is 14.8. The van der Waals surface area contributed by atoms with Crippen molar-refractivity contribution in [1.82, 2.24) is 10.6 Å². The highest BCUT2D eigenvalue weighted by molar-refractivity contribution is 6.30. The van der Waals surface area contributed by atoms with Crippen LogP contribution in [-0.4, -0.2) is 49.9 Å². The van der Waals surface area contributed by atoms with Gasteiger partial charge in [-0.15, -0.1) is 0 Å². The molecule has 1 unspecified atom stereocenters. The second-order valence-electron chi connectivity index (χ2n) is 9.46. The number of carbonyl (C=O) groups excluding carboxylic acids is 3. The van der Waals surface area contributed by atoms with Crippen molar-refractivity contribution in [3.63, 3.8) is 0 Å². The van der Waals surface area contributed by atoms with Crippen LogP contribution in [0.4, 0.5) is 15.8 Å². The summed E-state index contributed by atoms with van der Waals surface area (Å²) >= 11 is 5.99. The molecule has 0 aliphatic carbocycles. The molecule has 178 valence electrons. The average Bonchev–Trinajstić information content (AvgIpc) is 2.80. The standard InChI is InChI=1S/C25H26ClFN4O3/c26-16-1-3-17(4-2-16)30-11-9-25(10-12-30)14-31(15-25)18-5-6-19(20(27)13-18)23(33)28-21-7-8-22(32)29-24(21)34/h1-6,13,21H,7-12,14-15H2,(H,28,33)(H,29,32,34). The molecule has 5 rings (SSSR count). The first kappa shape index (κ1) is 22.7. The number of nitrogens with one attached hydrogen (secondary N) is 2. The van der Waals surface area contributed by atoms with E-state index in [4.69, 9.17) is 11.6 Å². The highest BCUT2D eigenvalue weighted by Crippen LogP contribution is 2.43. The van der Waals surface area contributed by atoms with Crippen LogP contribution in [0.1, 0.15) is 36.0 Å². The van der Waals surface area contributed by atoms with E-state index >= 15 is 0 Å². The zero-order valence-corrected chi connectivity index (χ0v) is 19.4. The minimum atomic E-state index is -0.835. The van der Waals surface area contributed by atoms with Crippen LogP contribution in [0.25, 0.3) is 0 Å². The van der Waals surface area contributed by atoms with Crippen LogP contribution in [0.3, 0.4) is 0 Å². The molecule has 3 aliphatic heterocycles. The molecule has 0 saturated carbocycles. The molecule has 1 atom stereocenters. The lowest BCUT2D eigenvalue weighted by atomic mass is 9.71. The summed E-state index contributed by atoms with van der Waals surface area (Å²) in [4.78, 5) is 40.1. The lowest BCUT2D eigenvalue weighted by Crippen LogP contribution is -2.60. The van der Waals surface area contributed by atoms with Crippen LogP contribution < -0.4 is 20.4 Å². The Balaban J connectivity index is 1.16. The van der Waals surface area contributed by atoms with Crippen LogP contribution in [0, 0.1) is 11.2 Å². The molecule has 1 spiro atoms. The Morgan fingerprint density at radius 2 is 1.71 bits per heavy atom. The quantitative estimate of drug-likeness (QED) is 0.652. The first-order chi connectivity index (χ1) is 16.3. The van der Waals surface area contributed by atoms with Crippen molar-refractivity contribution < 1.29 is 18.8 Å². The third-order valence-corrected chi connectivity index (χ3v) is 7.43. The molecule has 7 nitrogen and oxygen atoms in total. The summed E-state index contributed by atoms with van der Waals surface area (Å²) in [6.45, 7) is 3.68. The Morgan fingerprint density at radius 1 is 1.03 bits per heavy atom. The molecule has 0 aromatic heterocycles. The number of nitrogens with zero attached hydrogens (tertiary/aromatic N) is 2. The highest BCUT2D eigenvalue weighted by atomic mass is 35.5. The Hall–Kier alpha value is -3.13. The molecule has 2 N–H and O–H groups in total. The molecule has 9 heteroatoms. The second kappa shape index (κ2) is 8.91. The van der Waals surface area contributed by atoms with Crippen LogP contribution in [0.2, 0.25) is 5.02 Å². The van der Waals surface area contributed by atoms with E-state index in [0.29, 0.717) is 0 Å². The van der Waals surface area contributed by atoms with Gasteiger partial charge in [0.25, 0.3) is 5.91 Å². The first-order valence-electron chi connectivity index (χ1n) is 11.5. The van der Waals surface area contributed by atoms with Crippen molar-refractivity contribution in [3.05, 3.63) is 58.9 Å². The molecular weight excluding hydrogens is 459 g/mol. The summed E-state index contributed by atoms with van der Waals surface area (Å²) in [5.41, 5.74) is 2.06. The number of piperidine rings is 2. The maximum Gasteiger partial charge on any atom is 0.254 e. The fraction of sp³-hybridized carbons (Fsp3) is 0.400. The summed E-state index contributed by atoms with van der Waals surface area (Å²) in [6, 6.07) is 11.7. The topological polar surface area (TPSA) is 81.8 Å². The largest absolute Gasteiger partial charge is 0.371 e. The second-order valence-corrected chi connectivity index (χ2v) is 9.90. The third kappa shape index (κ3) is 4.46. The van der Waals surface area contributed by atoms with Gasteiger partial charge in [0, 0.05) is 54.4 Å². The predicted octanol–water partition coefficient (Wildman–Crippen LogP) is 3.12. The van der Waals surface area contributed by atoms with Crippen molar-refractivity contribution in [1.29, 1.82) is 0 Å². The smallest absolute Gasteiger partial charge is 0.254 e. The maximum absolute atomic E-state index is 14.8. The fourth-order valence-corrected chi connectivity index (χ4v) is 5.23. The van der Waals surface area contributed by atoms with Crippen molar-refractivity contribution in [2.24, 2.45) is 5.41 Å². The van der Waals surface area contributed by atoms with E-state index in [9.17, 15) is 18.8 Å². The zero-order chi connectivity index (χ0) is 23.9. The van der Waals surface area contributed by atoms with Gasteiger partial charge in [0.2, 0.25) is 11.8 Å². The Kier molecular flexibility index (Phi) is 5.93. The van der Waals surface area contributed by atoms with Gasteiger partial charge in [0.05, 0.1) is 5.56 Å². The molecule has 3 amide bonds. The van der Waals surface area contributed by atoms with E-state index in [1.165, 1.54) is 17.8 Å². The van der Waals surface area contributed by atoms with E-state index in [1.54, 1.807) is 6.07 Å². The van der Waals surface area contributed by atoms with Gasteiger partial charge < -0.3 is 15.1 Å². The normalized spacial score (nSPS) is 21.8. The summed E-state index contributed by atoms with van der Waals surface area (Å²) in [7, 11) is 0. The average molecular weight is 485 g/mol. The highest BCUT2D eigenvalue weighted by Gasteiger charge is 2.45. The minimum Gasteiger partial charge on any atom is -0.371 e. The van der Waals surface area contributed by atoms with Gasteiger partial charge >= 0.3 is 0 Å². The molecule has 0 radical (unpaired) electrons. The van der Waals surface area contributed by atoms with Crippen LogP contribution in [-0.2, 0) is 9.59 Å². The van der Waals surface area contributed by atoms with Crippen LogP contribution in [0.15, 0.2) is 42.5 Å². The number of carbonyl (C=O) groups is 3. The van der Waals surface area contributed by atoms with Gasteiger partial charge in [0.15, 0.2) is 0 Å². The molecule has 3 aliphatic rings. The van der Waals surface area contributed by atoms with Gasteiger partial charge in [-0.2, -0.15) is 0 Å². The van der Waals surface area contributed by atoms with Crippen molar-refractivity contribution >= 4 is 40.7 Å². The summed E-state index contributed by atoms with van der Waals surface area (Å²) in [5.74, 6) is -2.21. The van der Waals surface area contributed by atoms with Gasteiger partial charge in [-0.05, 0) is 61.7 Å².